The average molecular weight is 314 g/mol. The first-order valence-electron chi connectivity index (χ1n) is 7.28. The standard InChI is InChI=1S/C16H21F3N2O/c1-12(2)13-9-14(16(17,18)19)11-15(10-13)20-3-4-21-5-7-22-8-6-21/h9-11,20H,1,3-8H2,2H3. The first-order valence-corrected chi connectivity index (χ1v) is 7.28. The van der Waals surface area contributed by atoms with E-state index in [0.717, 1.165) is 31.8 Å². The molecule has 1 saturated heterocycles. The summed E-state index contributed by atoms with van der Waals surface area (Å²) in [6.07, 6.45) is -4.36. The van der Waals surface area contributed by atoms with Gasteiger partial charge in [0.05, 0.1) is 18.8 Å². The lowest BCUT2D eigenvalue weighted by atomic mass is 10.0. The number of nitrogens with one attached hydrogen (secondary N) is 1. The second-order valence-corrected chi connectivity index (χ2v) is 5.46. The molecule has 1 heterocycles. The van der Waals surface area contributed by atoms with Crippen LogP contribution >= 0.6 is 0 Å². The number of ether oxygens (including phenoxy) is 1. The highest BCUT2D eigenvalue weighted by atomic mass is 19.4. The number of nitrogens with zero attached hydrogens (tertiary/aromatic N) is 1. The molecule has 1 aromatic carbocycles. The largest absolute Gasteiger partial charge is 0.416 e. The number of rotatable bonds is 5. The molecule has 0 saturated carbocycles. The Kier molecular flexibility index (Phi) is 5.47. The van der Waals surface area contributed by atoms with Crippen molar-refractivity contribution in [2.75, 3.05) is 44.7 Å². The Hall–Kier alpha value is -1.53. The molecule has 6 heteroatoms. The number of allylic oxidation sites excluding steroid dienone is 1. The van der Waals surface area contributed by atoms with Crippen LogP contribution in [-0.2, 0) is 10.9 Å². The predicted molar refractivity (Wildman–Crippen MR) is 81.9 cm³/mol. The molecular weight excluding hydrogens is 293 g/mol. The van der Waals surface area contributed by atoms with Gasteiger partial charge in [-0.1, -0.05) is 12.2 Å². The van der Waals surface area contributed by atoms with Crippen molar-refractivity contribution in [1.82, 2.24) is 4.90 Å². The van der Waals surface area contributed by atoms with Crippen LogP contribution in [0.25, 0.3) is 5.57 Å². The number of alkyl halides is 3. The Morgan fingerprint density at radius 2 is 1.95 bits per heavy atom. The second-order valence-electron chi connectivity index (χ2n) is 5.46. The molecule has 1 N–H and O–H groups in total. The van der Waals surface area contributed by atoms with E-state index in [1.165, 1.54) is 0 Å². The first-order chi connectivity index (χ1) is 10.4. The maximum Gasteiger partial charge on any atom is 0.416 e. The van der Waals surface area contributed by atoms with E-state index in [9.17, 15) is 13.2 Å². The minimum absolute atomic E-state index is 0.473. The Balaban J connectivity index is 2.02. The molecule has 0 aromatic heterocycles. The van der Waals surface area contributed by atoms with Crippen LogP contribution in [0.2, 0.25) is 0 Å². The van der Waals surface area contributed by atoms with Crippen molar-refractivity contribution >= 4 is 11.3 Å². The van der Waals surface area contributed by atoms with Gasteiger partial charge in [0.15, 0.2) is 0 Å². The summed E-state index contributed by atoms with van der Waals surface area (Å²) in [5.74, 6) is 0. The fourth-order valence-corrected chi connectivity index (χ4v) is 2.32. The quantitative estimate of drug-likeness (QED) is 0.900. The summed E-state index contributed by atoms with van der Waals surface area (Å²) in [6, 6.07) is 3.98. The Morgan fingerprint density at radius 3 is 2.55 bits per heavy atom. The van der Waals surface area contributed by atoms with Gasteiger partial charge in [0.2, 0.25) is 0 Å². The van der Waals surface area contributed by atoms with E-state index in [1.54, 1.807) is 13.0 Å². The van der Waals surface area contributed by atoms with E-state index >= 15 is 0 Å². The van der Waals surface area contributed by atoms with Crippen molar-refractivity contribution < 1.29 is 17.9 Å². The van der Waals surface area contributed by atoms with Crippen LogP contribution in [0.15, 0.2) is 24.8 Å². The van der Waals surface area contributed by atoms with Crippen molar-refractivity contribution in [2.24, 2.45) is 0 Å². The minimum Gasteiger partial charge on any atom is -0.384 e. The van der Waals surface area contributed by atoms with Gasteiger partial charge in [0.25, 0.3) is 0 Å². The maximum atomic E-state index is 12.9. The number of morpholine rings is 1. The van der Waals surface area contributed by atoms with E-state index in [1.807, 2.05) is 0 Å². The average Bonchev–Trinajstić information content (AvgIpc) is 2.47. The molecule has 0 atom stereocenters. The number of hydrogen-bond acceptors (Lipinski definition) is 3. The van der Waals surface area contributed by atoms with Crippen molar-refractivity contribution in [3.8, 4) is 0 Å². The van der Waals surface area contributed by atoms with E-state index < -0.39 is 11.7 Å². The number of halogens is 3. The molecule has 0 spiro atoms. The molecule has 0 unspecified atom stereocenters. The van der Waals surface area contributed by atoms with Gasteiger partial charge in [-0.05, 0) is 30.7 Å². The molecular formula is C16H21F3N2O. The van der Waals surface area contributed by atoms with Crippen molar-refractivity contribution in [1.29, 1.82) is 0 Å². The van der Waals surface area contributed by atoms with Crippen LogP contribution < -0.4 is 5.32 Å². The lowest BCUT2D eigenvalue weighted by molar-refractivity contribution is -0.137. The lowest BCUT2D eigenvalue weighted by Gasteiger charge is -2.26. The molecule has 2 rings (SSSR count). The Bertz CT molecular complexity index is 523. The third kappa shape index (κ3) is 4.74. The summed E-state index contributed by atoms with van der Waals surface area (Å²) in [6.45, 7) is 9.95. The third-order valence-electron chi connectivity index (χ3n) is 3.61. The maximum absolute atomic E-state index is 12.9. The van der Waals surface area contributed by atoms with Crippen molar-refractivity contribution in [2.45, 2.75) is 13.1 Å². The van der Waals surface area contributed by atoms with Crippen molar-refractivity contribution in [3.05, 3.63) is 35.9 Å². The van der Waals surface area contributed by atoms with Gasteiger partial charge in [-0.2, -0.15) is 13.2 Å². The smallest absolute Gasteiger partial charge is 0.384 e. The summed E-state index contributed by atoms with van der Waals surface area (Å²) in [7, 11) is 0. The molecule has 0 aliphatic carbocycles. The van der Waals surface area contributed by atoms with Gasteiger partial charge >= 0.3 is 6.18 Å². The van der Waals surface area contributed by atoms with Crippen LogP contribution in [0.3, 0.4) is 0 Å². The van der Waals surface area contributed by atoms with Gasteiger partial charge in [-0.3, -0.25) is 4.90 Å². The number of benzene rings is 1. The van der Waals surface area contributed by atoms with Crippen LogP contribution in [0, 0.1) is 0 Å². The zero-order valence-corrected chi connectivity index (χ0v) is 12.7. The SMILES string of the molecule is C=C(C)c1cc(NCCN2CCOCC2)cc(C(F)(F)F)c1. The van der Waals surface area contributed by atoms with Gasteiger partial charge in [0.1, 0.15) is 0 Å². The van der Waals surface area contributed by atoms with Gasteiger partial charge in [0, 0.05) is 31.9 Å². The van der Waals surface area contributed by atoms with Crippen LogP contribution in [0.4, 0.5) is 18.9 Å². The summed E-state index contributed by atoms with van der Waals surface area (Å²) in [4.78, 5) is 2.23. The fraction of sp³-hybridized carbons (Fsp3) is 0.500. The highest BCUT2D eigenvalue weighted by Gasteiger charge is 2.31. The lowest BCUT2D eigenvalue weighted by Crippen LogP contribution is -2.39. The molecule has 3 nitrogen and oxygen atoms in total. The second kappa shape index (κ2) is 7.15. The molecule has 1 aliphatic heterocycles. The topological polar surface area (TPSA) is 24.5 Å². The third-order valence-corrected chi connectivity index (χ3v) is 3.61. The summed E-state index contributed by atoms with van der Waals surface area (Å²) in [5.41, 5.74) is 0.939. The van der Waals surface area contributed by atoms with E-state index in [-0.39, 0.29) is 0 Å². The normalized spacial score (nSPS) is 16.5. The van der Waals surface area contributed by atoms with Crippen molar-refractivity contribution in [3.63, 3.8) is 0 Å². The molecule has 22 heavy (non-hydrogen) atoms. The zero-order valence-electron chi connectivity index (χ0n) is 12.7. The highest BCUT2D eigenvalue weighted by Crippen LogP contribution is 2.33. The van der Waals surface area contributed by atoms with E-state index in [0.29, 0.717) is 36.6 Å². The highest BCUT2D eigenvalue weighted by molar-refractivity contribution is 5.67. The molecule has 122 valence electrons. The monoisotopic (exact) mass is 314 g/mol. The molecule has 1 aliphatic rings. The zero-order chi connectivity index (χ0) is 16.2. The van der Waals surface area contributed by atoms with Crippen LogP contribution in [0.1, 0.15) is 18.1 Å². The summed E-state index contributed by atoms with van der Waals surface area (Å²) in [5, 5.41) is 3.08. The van der Waals surface area contributed by atoms with Crippen LogP contribution in [0.5, 0.6) is 0 Å². The summed E-state index contributed by atoms with van der Waals surface area (Å²) < 4.78 is 44.1. The Labute approximate surface area is 128 Å². The molecule has 1 fully saturated rings. The first kappa shape index (κ1) is 16.8. The van der Waals surface area contributed by atoms with Gasteiger partial charge < -0.3 is 10.1 Å². The molecule has 0 amide bonds. The number of hydrogen-bond donors (Lipinski definition) is 1. The van der Waals surface area contributed by atoms with Crippen LogP contribution in [-0.4, -0.2) is 44.3 Å². The van der Waals surface area contributed by atoms with Gasteiger partial charge in [-0.15, -0.1) is 0 Å². The Morgan fingerprint density at radius 1 is 1.27 bits per heavy atom. The van der Waals surface area contributed by atoms with E-state index in [4.69, 9.17) is 4.74 Å². The molecule has 1 aromatic rings. The van der Waals surface area contributed by atoms with Gasteiger partial charge in [-0.25, -0.2) is 0 Å². The van der Waals surface area contributed by atoms with E-state index in [2.05, 4.69) is 16.8 Å². The number of anilines is 1. The molecule has 0 bridgehead atoms. The minimum atomic E-state index is -4.36. The fourth-order valence-electron chi connectivity index (χ4n) is 2.32. The summed E-state index contributed by atoms with van der Waals surface area (Å²) >= 11 is 0. The molecule has 0 radical (unpaired) electrons. The predicted octanol–water partition coefficient (Wildman–Crippen LogP) is 3.48.